The predicted molar refractivity (Wildman–Crippen MR) is 60.3 cm³/mol. The summed E-state index contributed by atoms with van der Waals surface area (Å²) in [7, 11) is 0. The number of imidazole rings is 1. The van der Waals surface area contributed by atoms with Crippen LogP contribution < -0.4 is 0 Å². The minimum Gasteiger partial charge on any atom is -0.236 e. The standard InChI is InChI=1S/C11H17N3/c1-4-5-11-12-8-9-14(11)13-7-6-10(2)3/h4-5,7-10H,6H2,1-3H3/b5-4-,13-7-. The first-order chi connectivity index (χ1) is 6.74. The third kappa shape index (κ3) is 3.17. The van der Waals surface area contributed by atoms with Crippen molar-refractivity contribution in [2.24, 2.45) is 11.0 Å². The highest BCUT2D eigenvalue weighted by molar-refractivity contribution is 5.57. The highest BCUT2D eigenvalue weighted by Gasteiger charge is 1.94. The lowest BCUT2D eigenvalue weighted by atomic mass is 10.2. The van der Waals surface area contributed by atoms with E-state index in [1.807, 2.05) is 31.5 Å². The quantitative estimate of drug-likeness (QED) is 0.673. The SMILES string of the molecule is C/C=C\c1nccn1/N=C\CC(C)C. The van der Waals surface area contributed by atoms with E-state index in [0.717, 1.165) is 12.2 Å². The Morgan fingerprint density at radius 2 is 2.36 bits per heavy atom. The van der Waals surface area contributed by atoms with Gasteiger partial charge in [-0.25, -0.2) is 9.66 Å². The second-order valence-electron chi connectivity index (χ2n) is 3.56. The van der Waals surface area contributed by atoms with E-state index in [-0.39, 0.29) is 0 Å². The van der Waals surface area contributed by atoms with Gasteiger partial charge in [-0.3, -0.25) is 0 Å². The number of rotatable bonds is 4. The van der Waals surface area contributed by atoms with Gasteiger partial charge < -0.3 is 0 Å². The van der Waals surface area contributed by atoms with Crippen molar-refractivity contribution in [3.8, 4) is 0 Å². The molecule has 0 atom stereocenters. The molecule has 0 N–H and O–H groups in total. The van der Waals surface area contributed by atoms with Crippen molar-refractivity contribution in [2.75, 3.05) is 0 Å². The Bertz CT molecular complexity index is 321. The van der Waals surface area contributed by atoms with E-state index in [1.165, 1.54) is 0 Å². The van der Waals surface area contributed by atoms with Gasteiger partial charge in [0, 0.05) is 18.6 Å². The molecule has 3 nitrogen and oxygen atoms in total. The van der Waals surface area contributed by atoms with Crippen molar-refractivity contribution in [3.05, 3.63) is 24.3 Å². The summed E-state index contributed by atoms with van der Waals surface area (Å²) >= 11 is 0. The molecule has 0 spiro atoms. The minimum absolute atomic E-state index is 0.646. The normalized spacial score (nSPS) is 12.3. The fraction of sp³-hybridized carbons (Fsp3) is 0.455. The molecule has 14 heavy (non-hydrogen) atoms. The lowest BCUT2D eigenvalue weighted by molar-refractivity contribution is 0.685. The molecule has 0 aliphatic heterocycles. The molecule has 1 aromatic rings. The number of hydrogen-bond donors (Lipinski definition) is 0. The van der Waals surface area contributed by atoms with Gasteiger partial charge in [0.25, 0.3) is 0 Å². The molecule has 0 amide bonds. The second-order valence-corrected chi connectivity index (χ2v) is 3.56. The molecule has 0 fully saturated rings. The van der Waals surface area contributed by atoms with E-state index < -0.39 is 0 Å². The summed E-state index contributed by atoms with van der Waals surface area (Å²) < 4.78 is 1.78. The summed E-state index contributed by atoms with van der Waals surface area (Å²) in [6.07, 6.45) is 10.4. The molecule has 0 saturated heterocycles. The van der Waals surface area contributed by atoms with Gasteiger partial charge in [0.2, 0.25) is 0 Å². The molecule has 0 aliphatic rings. The van der Waals surface area contributed by atoms with E-state index in [4.69, 9.17) is 0 Å². The molecule has 1 aromatic heterocycles. The first-order valence-corrected chi connectivity index (χ1v) is 4.93. The Labute approximate surface area is 85.2 Å². The molecule has 3 heteroatoms. The lowest BCUT2D eigenvalue weighted by Gasteiger charge is -1.98. The van der Waals surface area contributed by atoms with Crippen LogP contribution >= 0.6 is 0 Å². The Balaban J connectivity index is 2.66. The highest BCUT2D eigenvalue weighted by Crippen LogP contribution is 2.01. The highest BCUT2D eigenvalue weighted by atomic mass is 15.4. The Kier molecular flexibility index (Phi) is 4.11. The van der Waals surface area contributed by atoms with Gasteiger partial charge in [-0.05, 0) is 25.3 Å². The Morgan fingerprint density at radius 3 is 3.00 bits per heavy atom. The van der Waals surface area contributed by atoms with Crippen LogP contribution in [0.2, 0.25) is 0 Å². The summed E-state index contributed by atoms with van der Waals surface area (Å²) in [6, 6.07) is 0. The van der Waals surface area contributed by atoms with E-state index in [0.29, 0.717) is 5.92 Å². The maximum Gasteiger partial charge on any atom is 0.153 e. The van der Waals surface area contributed by atoms with Crippen LogP contribution in [0, 0.1) is 5.92 Å². The van der Waals surface area contributed by atoms with Crippen molar-refractivity contribution in [1.82, 2.24) is 9.66 Å². The third-order valence-electron chi connectivity index (χ3n) is 1.75. The van der Waals surface area contributed by atoms with Gasteiger partial charge in [0.1, 0.15) is 0 Å². The van der Waals surface area contributed by atoms with Crippen LogP contribution in [-0.4, -0.2) is 15.9 Å². The molecular formula is C11H17N3. The average molecular weight is 191 g/mol. The van der Waals surface area contributed by atoms with Crippen molar-refractivity contribution >= 4 is 12.3 Å². The first kappa shape index (κ1) is 10.7. The van der Waals surface area contributed by atoms with E-state index in [1.54, 1.807) is 10.9 Å². The van der Waals surface area contributed by atoms with E-state index in [9.17, 15) is 0 Å². The van der Waals surface area contributed by atoms with Crippen LogP contribution in [0.3, 0.4) is 0 Å². The zero-order valence-corrected chi connectivity index (χ0v) is 9.01. The summed E-state index contributed by atoms with van der Waals surface area (Å²) in [5.41, 5.74) is 0. The number of hydrogen-bond acceptors (Lipinski definition) is 2. The van der Waals surface area contributed by atoms with Crippen molar-refractivity contribution in [3.63, 3.8) is 0 Å². The Hall–Kier alpha value is -1.38. The van der Waals surface area contributed by atoms with Gasteiger partial charge in [0.05, 0.1) is 0 Å². The number of nitrogens with zero attached hydrogens (tertiary/aromatic N) is 3. The van der Waals surface area contributed by atoms with Crippen molar-refractivity contribution in [1.29, 1.82) is 0 Å². The maximum absolute atomic E-state index is 4.30. The van der Waals surface area contributed by atoms with Crippen molar-refractivity contribution in [2.45, 2.75) is 27.2 Å². The van der Waals surface area contributed by atoms with E-state index >= 15 is 0 Å². The molecular weight excluding hydrogens is 174 g/mol. The van der Waals surface area contributed by atoms with Crippen LogP contribution in [0.25, 0.3) is 6.08 Å². The summed E-state index contributed by atoms with van der Waals surface area (Å²) in [5, 5.41) is 4.30. The maximum atomic E-state index is 4.30. The fourth-order valence-electron chi connectivity index (χ4n) is 1.02. The largest absolute Gasteiger partial charge is 0.236 e. The van der Waals surface area contributed by atoms with Crippen LogP contribution in [0.15, 0.2) is 23.6 Å². The van der Waals surface area contributed by atoms with Crippen molar-refractivity contribution < 1.29 is 0 Å². The number of allylic oxidation sites excluding steroid dienone is 1. The van der Waals surface area contributed by atoms with E-state index in [2.05, 4.69) is 23.9 Å². The van der Waals surface area contributed by atoms with Gasteiger partial charge in [0.15, 0.2) is 5.82 Å². The summed E-state index contributed by atoms with van der Waals surface area (Å²) in [5.74, 6) is 1.51. The summed E-state index contributed by atoms with van der Waals surface area (Å²) in [4.78, 5) is 4.17. The first-order valence-electron chi connectivity index (χ1n) is 4.93. The predicted octanol–water partition coefficient (Wildman–Crippen LogP) is 2.80. The minimum atomic E-state index is 0.646. The molecule has 0 aliphatic carbocycles. The smallest absolute Gasteiger partial charge is 0.153 e. The topological polar surface area (TPSA) is 30.2 Å². The van der Waals surface area contributed by atoms with Crippen LogP contribution in [0.4, 0.5) is 0 Å². The van der Waals surface area contributed by atoms with Crippen LogP contribution in [0.1, 0.15) is 33.0 Å². The summed E-state index contributed by atoms with van der Waals surface area (Å²) in [6.45, 7) is 6.32. The lowest BCUT2D eigenvalue weighted by Crippen LogP contribution is -1.94. The molecule has 76 valence electrons. The zero-order valence-electron chi connectivity index (χ0n) is 9.01. The second kappa shape index (κ2) is 5.37. The molecule has 1 heterocycles. The average Bonchev–Trinajstić information content (AvgIpc) is 2.53. The molecule has 1 rings (SSSR count). The third-order valence-corrected chi connectivity index (χ3v) is 1.75. The molecule has 0 bridgehead atoms. The monoisotopic (exact) mass is 191 g/mol. The zero-order chi connectivity index (χ0) is 10.4. The van der Waals surface area contributed by atoms with Crippen LogP contribution in [0.5, 0.6) is 0 Å². The Morgan fingerprint density at radius 1 is 1.57 bits per heavy atom. The van der Waals surface area contributed by atoms with Gasteiger partial charge >= 0.3 is 0 Å². The van der Waals surface area contributed by atoms with Gasteiger partial charge in [-0.2, -0.15) is 5.10 Å². The van der Waals surface area contributed by atoms with Crippen LogP contribution in [-0.2, 0) is 0 Å². The molecule has 0 radical (unpaired) electrons. The fourth-order valence-corrected chi connectivity index (χ4v) is 1.02. The number of aromatic nitrogens is 2. The van der Waals surface area contributed by atoms with Gasteiger partial charge in [-0.15, -0.1) is 0 Å². The van der Waals surface area contributed by atoms with Gasteiger partial charge in [-0.1, -0.05) is 19.9 Å². The molecule has 0 saturated carbocycles. The molecule has 0 aromatic carbocycles. The molecule has 0 unspecified atom stereocenters.